The zero-order chi connectivity index (χ0) is 11.5. The molecule has 2 rings (SSSR count). The van der Waals surface area contributed by atoms with Crippen molar-refractivity contribution in [3.8, 4) is 0 Å². The van der Waals surface area contributed by atoms with Crippen LogP contribution in [0.4, 0.5) is 0 Å². The van der Waals surface area contributed by atoms with Gasteiger partial charge < -0.3 is 5.73 Å². The molecule has 3 heteroatoms. The van der Waals surface area contributed by atoms with E-state index in [2.05, 4.69) is 37.0 Å². The van der Waals surface area contributed by atoms with Gasteiger partial charge in [0.15, 0.2) is 0 Å². The second-order valence-electron chi connectivity index (χ2n) is 4.60. The Hall–Kier alpha value is -0.930. The largest absolute Gasteiger partial charge is 0.328 e. The summed E-state index contributed by atoms with van der Waals surface area (Å²) in [5, 5.41) is 1.23. The fourth-order valence-corrected chi connectivity index (χ4v) is 3.15. The van der Waals surface area contributed by atoms with Gasteiger partial charge in [0.25, 0.3) is 0 Å². The molecule has 1 aromatic carbocycles. The van der Waals surface area contributed by atoms with Gasteiger partial charge in [-0.3, -0.25) is 0 Å². The molecule has 86 valence electrons. The quantitative estimate of drug-likeness (QED) is 0.882. The molecule has 0 fully saturated rings. The number of para-hydroxylation sites is 1. The van der Waals surface area contributed by atoms with E-state index in [1.165, 1.54) is 9.71 Å². The van der Waals surface area contributed by atoms with Gasteiger partial charge in [-0.1, -0.05) is 19.1 Å². The van der Waals surface area contributed by atoms with Gasteiger partial charge in [-0.25, -0.2) is 4.98 Å². The number of nitrogens with zero attached hydrogens (tertiary/aromatic N) is 1. The maximum Gasteiger partial charge on any atom is 0.0941 e. The topological polar surface area (TPSA) is 38.9 Å². The zero-order valence-corrected chi connectivity index (χ0v) is 10.6. The summed E-state index contributed by atoms with van der Waals surface area (Å²) in [7, 11) is 0. The highest BCUT2D eigenvalue weighted by Gasteiger charge is 2.10. The third-order valence-electron chi connectivity index (χ3n) is 2.64. The van der Waals surface area contributed by atoms with Crippen molar-refractivity contribution in [3.05, 3.63) is 29.3 Å². The van der Waals surface area contributed by atoms with Crippen LogP contribution < -0.4 is 5.73 Å². The fourth-order valence-electron chi connectivity index (χ4n) is 2.02. The van der Waals surface area contributed by atoms with Crippen LogP contribution in [0.5, 0.6) is 0 Å². The molecule has 1 heterocycles. The summed E-state index contributed by atoms with van der Waals surface area (Å²) in [6.07, 6.45) is 2.11. The lowest BCUT2D eigenvalue weighted by Gasteiger charge is -2.11. The van der Waals surface area contributed by atoms with Crippen molar-refractivity contribution < 1.29 is 0 Å². The first-order valence-electron chi connectivity index (χ1n) is 5.75. The van der Waals surface area contributed by atoms with E-state index >= 15 is 0 Å². The molecule has 0 bridgehead atoms. The third-order valence-corrected chi connectivity index (χ3v) is 3.69. The molecule has 0 aliphatic rings. The highest BCUT2D eigenvalue weighted by molar-refractivity contribution is 7.18. The Labute approximate surface area is 101 Å². The van der Waals surface area contributed by atoms with Gasteiger partial charge in [0.2, 0.25) is 0 Å². The molecular formula is C13H18N2S. The molecule has 2 unspecified atom stereocenters. The number of aromatic nitrogens is 1. The number of hydrogen-bond acceptors (Lipinski definition) is 3. The highest BCUT2D eigenvalue weighted by Crippen LogP contribution is 2.24. The first kappa shape index (κ1) is 11.6. The van der Waals surface area contributed by atoms with E-state index in [-0.39, 0.29) is 6.04 Å². The second-order valence-corrected chi connectivity index (χ2v) is 5.71. The molecule has 0 amide bonds. The Kier molecular flexibility index (Phi) is 3.56. The van der Waals surface area contributed by atoms with Gasteiger partial charge in [0, 0.05) is 12.5 Å². The molecule has 0 aliphatic heterocycles. The van der Waals surface area contributed by atoms with Crippen molar-refractivity contribution in [2.24, 2.45) is 11.7 Å². The van der Waals surface area contributed by atoms with E-state index in [4.69, 9.17) is 5.73 Å². The van der Waals surface area contributed by atoms with Crippen LogP contribution in [-0.4, -0.2) is 11.0 Å². The van der Waals surface area contributed by atoms with Crippen LogP contribution in [0, 0.1) is 5.92 Å². The Morgan fingerprint density at radius 2 is 2.06 bits per heavy atom. The van der Waals surface area contributed by atoms with Crippen molar-refractivity contribution in [1.82, 2.24) is 4.98 Å². The standard InChI is InChI=1S/C13H18N2S/c1-9(7-10(2)14)8-13-15-11-5-3-4-6-12(11)16-13/h3-6,9-10H,7-8,14H2,1-2H3. The van der Waals surface area contributed by atoms with Crippen LogP contribution in [0.3, 0.4) is 0 Å². The summed E-state index contributed by atoms with van der Waals surface area (Å²) < 4.78 is 1.28. The highest BCUT2D eigenvalue weighted by atomic mass is 32.1. The number of benzene rings is 1. The summed E-state index contributed by atoms with van der Waals surface area (Å²) in [6.45, 7) is 4.31. The predicted octanol–water partition coefficient (Wildman–Crippen LogP) is 3.21. The predicted molar refractivity (Wildman–Crippen MR) is 70.8 cm³/mol. The lowest BCUT2D eigenvalue weighted by Crippen LogP contribution is -2.19. The number of rotatable bonds is 4. The molecule has 0 saturated heterocycles. The van der Waals surface area contributed by atoms with Gasteiger partial charge >= 0.3 is 0 Å². The number of hydrogen-bond donors (Lipinski definition) is 1. The monoisotopic (exact) mass is 234 g/mol. The van der Waals surface area contributed by atoms with Crippen molar-refractivity contribution in [2.75, 3.05) is 0 Å². The summed E-state index contributed by atoms with van der Waals surface area (Å²) in [5.74, 6) is 0.612. The minimum absolute atomic E-state index is 0.282. The molecule has 0 radical (unpaired) electrons. The van der Waals surface area contributed by atoms with Crippen molar-refractivity contribution in [1.29, 1.82) is 0 Å². The summed E-state index contributed by atoms with van der Waals surface area (Å²) >= 11 is 1.80. The summed E-state index contributed by atoms with van der Waals surface area (Å²) in [4.78, 5) is 4.64. The molecule has 0 spiro atoms. The van der Waals surface area contributed by atoms with Crippen LogP contribution in [0.25, 0.3) is 10.2 Å². The minimum atomic E-state index is 0.282. The van der Waals surface area contributed by atoms with E-state index in [0.717, 1.165) is 18.4 Å². The average molecular weight is 234 g/mol. The third kappa shape index (κ3) is 2.80. The van der Waals surface area contributed by atoms with Crippen molar-refractivity contribution in [3.63, 3.8) is 0 Å². The Balaban J connectivity index is 2.09. The van der Waals surface area contributed by atoms with E-state index in [9.17, 15) is 0 Å². The Morgan fingerprint density at radius 3 is 2.75 bits per heavy atom. The molecule has 0 saturated carbocycles. The lowest BCUT2D eigenvalue weighted by atomic mass is 10.0. The van der Waals surface area contributed by atoms with E-state index in [1.54, 1.807) is 11.3 Å². The van der Waals surface area contributed by atoms with E-state index < -0.39 is 0 Å². The molecule has 2 aromatic rings. The van der Waals surface area contributed by atoms with Crippen molar-refractivity contribution >= 4 is 21.6 Å². The molecule has 0 aliphatic carbocycles. The summed E-state index contributed by atoms with van der Waals surface area (Å²) in [5.41, 5.74) is 6.93. The fraction of sp³-hybridized carbons (Fsp3) is 0.462. The maximum absolute atomic E-state index is 5.81. The van der Waals surface area contributed by atoms with Gasteiger partial charge in [-0.15, -0.1) is 11.3 Å². The maximum atomic E-state index is 5.81. The SMILES string of the molecule is CC(N)CC(C)Cc1nc2ccccc2s1. The zero-order valence-electron chi connectivity index (χ0n) is 9.81. The molecular weight excluding hydrogens is 216 g/mol. The van der Waals surface area contributed by atoms with Gasteiger partial charge in [0.1, 0.15) is 0 Å². The summed E-state index contributed by atoms with van der Waals surface area (Å²) in [6, 6.07) is 8.59. The first-order chi connectivity index (χ1) is 7.65. The number of fused-ring (bicyclic) bond motifs is 1. The first-order valence-corrected chi connectivity index (χ1v) is 6.57. The molecule has 16 heavy (non-hydrogen) atoms. The molecule has 2 N–H and O–H groups in total. The molecule has 1 aromatic heterocycles. The Bertz CT molecular complexity index is 429. The number of nitrogens with two attached hydrogens (primary N) is 1. The normalized spacial score (nSPS) is 15.2. The molecule has 2 atom stereocenters. The minimum Gasteiger partial charge on any atom is -0.328 e. The van der Waals surface area contributed by atoms with Crippen LogP contribution in [0.2, 0.25) is 0 Å². The van der Waals surface area contributed by atoms with E-state index in [0.29, 0.717) is 5.92 Å². The smallest absolute Gasteiger partial charge is 0.0941 e. The van der Waals surface area contributed by atoms with Gasteiger partial charge in [-0.05, 0) is 31.4 Å². The lowest BCUT2D eigenvalue weighted by molar-refractivity contribution is 0.479. The van der Waals surface area contributed by atoms with Crippen LogP contribution >= 0.6 is 11.3 Å². The van der Waals surface area contributed by atoms with Crippen LogP contribution in [0.1, 0.15) is 25.3 Å². The molecule has 2 nitrogen and oxygen atoms in total. The van der Waals surface area contributed by atoms with Crippen LogP contribution in [0.15, 0.2) is 24.3 Å². The van der Waals surface area contributed by atoms with E-state index in [1.807, 2.05) is 6.07 Å². The number of thiazole rings is 1. The van der Waals surface area contributed by atoms with Gasteiger partial charge in [-0.2, -0.15) is 0 Å². The second kappa shape index (κ2) is 4.93. The van der Waals surface area contributed by atoms with Crippen LogP contribution in [-0.2, 0) is 6.42 Å². The van der Waals surface area contributed by atoms with Gasteiger partial charge in [0.05, 0.1) is 15.2 Å². The van der Waals surface area contributed by atoms with Crippen molar-refractivity contribution in [2.45, 2.75) is 32.7 Å². The average Bonchev–Trinajstić information content (AvgIpc) is 2.57. The Morgan fingerprint density at radius 1 is 1.31 bits per heavy atom.